The normalized spacial score (nSPS) is 13.6. The summed E-state index contributed by atoms with van der Waals surface area (Å²) in [5.41, 5.74) is 2.23. The van der Waals surface area contributed by atoms with E-state index in [-0.39, 0.29) is 18.7 Å². The average molecular weight is 240 g/mol. The van der Waals surface area contributed by atoms with E-state index >= 15 is 0 Å². The van der Waals surface area contributed by atoms with Crippen LogP contribution in [-0.4, -0.2) is 12.9 Å². The Morgan fingerprint density at radius 1 is 0.944 bits per heavy atom. The maximum absolute atomic E-state index is 12.9. The van der Waals surface area contributed by atoms with E-state index in [1.807, 2.05) is 18.2 Å². The van der Waals surface area contributed by atoms with E-state index in [0.717, 1.165) is 11.2 Å². The van der Waals surface area contributed by atoms with Gasteiger partial charge in [0.2, 0.25) is 5.91 Å². The van der Waals surface area contributed by atoms with Crippen LogP contribution in [0, 0.1) is 5.82 Å². The van der Waals surface area contributed by atoms with Gasteiger partial charge in [-0.05, 0) is 29.7 Å². The third-order valence-corrected chi connectivity index (χ3v) is 2.95. The SMILES string of the molecule is O=C1NB(c2ccc(F)cc2)Nc2ccccc21. The number of hydrogen-bond acceptors (Lipinski definition) is 2. The first-order valence-corrected chi connectivity index (χ1v) is 5.66. The van der Waals surface area contributed by atoms with Crippen molar-refractivity contribution < 1.29 is 9.18 Å². The van der Waals surface area contributed by atoms with Crippen molar-refractivity contribution in [2.45, 2.75) is 0 Å². The zero-order chi connectivity index (χ0) is 12.5. The summed E-state index contributed by atoms with van der Waals surface area (Å²) in [4.78, 5) is 11.9. The molecule has 88 valence electrons. The molecule has 0 radical (unpaired) electrons. The molecule has 0 saturated heterocycles. The largest absolute Gasteiger partial charge is 0.408 e. The Bertz CT molecular complexity index is 600. The number of anilines is 1. The van der Waals surface area contributed by atoms with E-state index in [2.05, 4.69) is 10.5 Å². The summed E-state index contributed by atoms with van der Waals surface area (Å²) in [6, 6.07) is 13.4. The second-order valence-electron chi connectivity index (χ2n) is 4.15. The van der Waals surface area contributed by atoms with Crippen LogP contribution in [0.5, 0.6) is 0 Å². The number of nitrogens with one attached hydrogen (secondary N) is 2. The maximum atomic E-state index is 12.9. The van der Waals surface area contributed by atoms with Crippen LogP contribution in [0.1, 0.15) is 10.4 Å². The minimum Gasteiger partial charge on any atom is -0.405 e. The van der Waals surface area contributed by atoms with Gasteiger partial charge in [0.1, 0.15) is 5.82 Å². The van der Waals surface area contributed by atoms with Crippen molar-refractivity contribution in [3.63, 3.8) is 0 Å². The van der Waals surface area contributed by atoms with E-state index in [4.69, 9.17) is 0 Å². The molecule has 0 atom stereocenters. The molecule has 5 heteroatoms. The Kier molecular flexibility index (Phi) is 2.52. The third-order valence-electron chi connectivity index (χ3n) is 2.95. The van der Waals surface area contributed by atoms with Crippen molar-refractivity contribution >= 4 is 24.0 Å². The number of para-hydroxylation sites is 1. The Balaban J connectivity index is 1.94. The maximum Gasteiger partial charge on any atom is 0.408 e. The van der Waals surface area contributed by atoms with Crippen molar-refractivity contribution in [2.75, 3.05) is 5.23 Å². The molecule has 1 amide bonds. The zero-order valence-corrected chi connectivity index (χ0v) is 9.48. The van der Waals surface area contributed by atoms with E-state index in [9.17, 15) is 9.18 Å². The first kappa shape index (κ1) is 10.8. The van der Waals surface area contributed by atoms with Gasteiger partial charge < -0.3 is 10.5 Å². The molecular formula is C13H10BFN2O. The summed E-state index contributed by atoms with van der Waals surface area (Å²) < 4.78 is 12.9. The number of fused-ring (bicyclic) bond motifs is 1. The van der Waals surface area contributed by atoms with Gasteiger partial charge in [-0.3, -0.25) is 4.79 Å². The number of halogens is 1. The van der Waals surface area contributed by atoms with Gasteiger partial charge in [0, 0.05) is 5.69 Å². The van der Waals surface area contributed by atoms with Gasteiger partial charge in [-0.2, -0.15) is 0 Å². The standard InChI is InChI=1S/C13H10BFN2O/c15-10-7-5-9(6-8-10)14-16-12-4-2-1-3-11(12)13(18)17-14/h1-8,16H,(H,17,18). The molecule has 0 spiro atoms. The molecule has 0 bridgehead atoms. The highest BCUT2D eigenvalue weighted by atomic mass is 19.1. The molecule has 1 heterocycles. The van der Waals surface area contributed by atoms with Gasteiger partial charge in [0.05, 0.1) is 5.56 Å². The Morgan fingerprint density at radius 2 is 1.67 bits per heavy atom. The highest BCUT2D eigenvalue weighted by Crippen LogP contribution is 2.18. The first-order chi connectivity index (χ1) is 8.74. The monoisotopic (exact) mass is 240 g/mol. The molecular weight excluding hydrogens is 230 g/mol. The van der Waals surface area contributed by atoms with Gasteiger partial charge in [-0.25, -0.2) is 4.39 Å². The lowest BCUT2D eigenvalue weighted by atomic mass is 9.66. The highest BCUT2D eigenvalue weighted by Gasteiger charge is 2.28. The van der Waals surface area contributed by atoms with E-state index in [1.54, 1.807) is 18.2 Å². The Morgan fingerprint density at radius 3 is 2.44 bits per heavy atom. The molecule has 18 heavy (non-hydrogen) atoms. The van der Waals surface area contributed by atoms with Crippen LogP contribution >= 0.6 is 0 Å². The fourth-order valence-electron chi connectivity index (χ4n) is 2.03. The molecule has 0 unspecified atom stereocenters. The van der Waals surface area contributed by atoms with Gasteiger partial charge in [0.15, 0.2) is 0 Å². The summed E-state index contributed by atoms with van der Waals surface area (Å²) in [5.74, 6) is -0.417. The smallest absolute Gasteiger partial charge is 0.405 e. The molecule has 0 aliphatic carbocycles. The van der Waals surface area contributed by atoms with Crippen LogP contribution in [0.2, 0.25) is 0 Å². The number of carbonyl (C=O) groups is 1. The molecule has 1 aliphatic rings. The van der Waals surface area contributed by atoms with Crippen molar-refractivity contribution in [2.24, 2.45) is 0 Å². The second kappa shape index (κ2) is 4.18. The van der Waals surface area contributed by atoms with Crippen LogP contribution in [0.25, 0.3) is 0 Å². The lowest BCUT2D eigenvalue weighted by Crippen LogP contribution is -2.56. The van der Waals surface area contributed by atoms with Crippen LogP contribution in [-0.2, 0) is 0 Å². The van der Waals surface area contributed by atoms with Crippen LogP contribution < -0.4 is 15.9 Å². The molecule has 0 saturated carbocycles. The minimum atomic E-state index is -0.326. The van der Waals surface area contributed by atoms with E-state index in [1.165, 1.54) is 12.1 Å². The average Bonchev–Trinajstić information content (AvgIpc) is 2.39. The molecule has 0 aromatic heterocycles. The molecule has 3 rings (SSSR count). The summed E-state index contributed by atoms with van der Waals surface area (Å²) in [7, 11) is 0. The third kappa shape index (κ3) is 1.84. The summed E-state index contributed by atoms with van der Waals surface area (Å²) >= 11 is 0. The lowest BCUT2D eigenvalue weighted by molar-refractivity contribution is 0.0979. The molecule has 2 aromatic carbocycles. The van der Waals surface area contributed by atoms with Gasteiger partial charge >= 0.3 is 6.98 Å². The predicted octanol–water partition coefficient (Wildman–Crippen LogP) is 1.38. The molecule has 3 nitrogen and oxygen atoms in total. The molecule has 0 fully saturated rings. The fourth-order valence-corrected chi connectivity index (χ4v) is 2.03. The fraction of sp³-hybridized carbons (Fsp3) is 0. The lowest BCUT2D eigenvalue weighted by Gasteiger charge is -2.24. The topological polar surface area (TPSA) is 41.1 Å². The number of benzene rings is 2. The summed E-state index contributed by atoms with van der Waals surface area (Å²) in [5, 5.41) is 6.04. The Labute approximate surface area is 104 Å². The quantitative estimate of drug-likeness (QED) is 0.739. The van der Waals surface area contributed by atoms with Crippen LogP contribution in [0.3, 0.4) is 0 Å². The molecule has 1 aliphatic heterocycles. The minimum absolute atomic E-state index is 0.126. The van der Waals surface area contributed by atoms with Crippen molar-refractivity contribution in [3.8, 4) is 0 Å². The van der Waals surface area contributed by atoms with E-state index < -0.39 is 0 Å². The predicted molar refractivity (Wildman–Crippen MR) is 69.3 cm³/mol. The van der Waals surface area contributed by atoms with Crippen LogP contribution in [0.4, 0.5) is 10.1 Å². The summed E-state index contributed by atoms with van der Waals surface area (Å²) in [6.07, 6.45) is 0. The van der Waals surface area contributed by atoms with Crippen molar-refractivity contribution in [3.05, 3.63) is 59.9 Å². The number of carbonyl (C=O) groups excluding carboxylic acids is 1. The van der Waals surface area contributed by atoms with Gasteiger partial charge in [0.25, 0.3) is 0 Å². The molecule has 2 N–H and O–H groups in total. The first-order valence-electron chi connectivity index (χ1n) is 5.66. The van der Waals surface area contributed by atoms with Crippen molar-refractivity contribution in [1.82, 2.24) is 5.23 Å². The van der Waals surface area contributed by atoms with Crippen LogP contribution in [0.15, 0.2) is 48.5 Å². The van der Waals surface area contributed by atoms with Gasteiger partial charge in [-0.15, -0.1) is 0 Å². The number of hydrogen-bond donors (Lipinski definition) is 2. The second-order valence-corrected chi connectivity index (χ2v) is 4.15. The van der Waals surface area contributed by atoms with Gasteiger partial charge in [-0.1, -0.05) is 24.3 Å². The zero-order valence-electron chi connectivity index (χ0n) is 9.48. The number of amides is 1. The van der Waals surface area contributed by atoms with E-state index in [0.29, 0.717) is 5.56 Å². The highest BCUT2D eigenvalue weighted by molar-refractivity contribution is 6.77. The Hall–Kier alpha value is -2.30. The summed E-state index contributed by atoms with van der Waals surface area (Å²) in [6.45, 7) is -0.326. The molecule has 2 aromatic rings. The number of rotatable bonds is 1. The van der Waals surface area contributed by atoms with Crippen molar-refractivity contribution in [1.29, 1.82) is 0 Å².